The number of amides is 3. The molecule has 1 aliphatic rings. The molecule has 8 heteroatoms. The van der Waals surface area contributed by atoms with Crippen molar-refractivity contribution >= 4 is 17.7 Å². The van der Waals surface area contributed by atoms with Gasteiger partial charge in [0.2, 0.25) is 17.7 Å². The molecule has 0 spiro atoms. The fourth-order valence-electron chi connectivity index (χ4n) is 8.02. The summed E-state index contributed by atoms with van der Waals surface area (Å²) in [5.74, 6) is -0.0874. The van der Waals surface area contributed by atoms with E-state index in [2.05, 4.69) is 59.3 Å². The van der Waals surface area contributed by atoms with E-state index in [1.54, 1.807) is 18.9 Å². The monoisotopic (exact) mass is 795 g/mol. The molecule has 0 unspecified atom stereocenters. The number of aryl methyl sites for hydroxylation is 1. The van der Waals surface area contributed by atoms with Crippen molar-refractivity contribution in [3.8, 4) is 5.75 Å². The lowest BCUT2D eigenvalue weighted by Gasteiger charge is -2.36. The molecule has 3 aromatic rings. The Labute approximate surface area is 350 Å². The van der Waals surface area contributed by atoms with Crippen LogP contribution in [0, 0.1) is 5.41 Å². The molecule has 3 amide bonds. The number of carbonyl (C=O) groups excluding carboxylic acids is 3. The molecule has 318 valence electrons. The third kappa shape index (κ3) is 15.2. The van der Waals surface area contributed by atoms with E-state index in [1.165, 1.54) is 82.6 Å². The highest BCUT2D eigenvalue weighted by molar-refractivity contribution is 5.94. The molecule has 1 fully saturated rings. The van der Waals surface area contributed by atoms with E-state index in [0.717, 1.165) is 29.7 Å². The minimum atomic E-state index is -0.838. The predicted molar refractivity (Wildman–Crippen MR) is 238 cm³/mol. The molecule has 1 aliphatic heterocycles. The molecule has 1 heterocycles. The second kappa shape index (κ2) is 24.7. The predicted octanol–water partition coefficient (Wildman–Crippen LogP) is 9.76. The second-order valence-electron chi connectivity index (χ2n) is 17.6. The number of nitrogens with zero attached hydrogens (tertiary/aromatic N) is 1. The summed E-state index contributed by atoms with van der Waals surface area (Å²) in [6, 6.07) is 26.5. The zero-order valence-electron chi connectivity index (χ0n) is 36.6. The Balaban J connectivity index is 1.40. The van der Waals surface area contributed by atoms with Crippen LogP contribution in [-0.4, -0.2) is 67.0 Å². The highest BCUT2D eigenvalue weighted by Gasteiger charge is 2.46. The molecule has 0 saturated carbocycles. The molecule has 4 atom stereocenters. The van der Waals surface area contributed by atoms with Gasteiger partial charge in [-0.3, -0.25) is 14.4 Å². The molecular formula is C50H74N4O4. The maximum absolute atomic E-state index is 14.5. The number of unbranched alkanes of at least 4 members (excludes halogenated alkanes) is 12. The number of benzene rings is 3. The van der Waals surface area contributed by atoms with Crippen molar-refractivity contribution in [1.29, 1.82) is 0 Å². The van der Waals surface area contributed by atoms with Crippen LogP contribution in [-0.2, 0) is 20.8 Å². The highest BCUT2D eigenvalue weighted by atomic mass is 16.5. The lowest BCUT2D eigenvalue weighted by atomic mass is 9.85. The van der Waals surface area contributed by atoms with Gasteiger partial charge in [0, 0.05) is 18.9 Å². The zero-order chi connectivity index (χ0) is 41.8. The Bertz CT molecular complexity index is 1600. The van der Waals surface area contributed by atoms with Crippen molar-refractivity contribution in [3.05, 3.63) is 102 Å². The summed E-state index contributed by atoms with van der Waals surface area (Å²) in [6.45, 7) is 10.5. The largest absolute Gasteiger partial charge is 0.488 e. The Morgan fingerprint density at radius 2 is 1.31 bits per heavy atom. The van der Waals surface area contributed by atoms with E-state index < -0.39 is 29.6 Å². The van der Waals surface area contributed by atoms with Crippen molar-refractivity contribution in [1.82, 2.24) is 20.9 Å². The Kier molecular flexibility index (Phi) is 19.8. The topological polar surface area (TPSA) is 99.8 Å². The van der Waals surface area contributed by atoms with Crippen LogP contribution in [0.3, 0.4) is 0 Å². The minimum Gasteiger partial charge on any atom is -0.488 e. The fraction of sp³-hybridized carbons (Fsp3) is 0.580. The highest BCUT2D eigenvalue weighted by Crippen LogP contribution is 2.30. The van der Waals surface area contributed by atoms with Crippen LogP contribution in [0.2, 0.25) is 0 Å². The van der Waals surface area contributed by atoms with Gasteiger partial charge in [-0.25, -0.2) is 0 Å². The quantitative estimate of drug-likeness (QED) is 0.0743. The van der Waals surface area contributed by atoms with Gasteiger partial charge in [0.15, 0.2) is 0 Å². The Morgan fingerprint density at radius 3 is 1.84 bits per heavy atom. The number of likely N-dealkylation sites (tertiary alicyclic amines) is 1. The smallest absolute Gasteiger partial charge is 0.246 e. The standard InChI is InChI=1S/C50H74N4O4/c1-7-8-9-10-11-12-13-14-15-16-17-18-21-27-39-28-26-33-42(34-39)58-43-35-45(54(37-43)49(57)46(50(3,4)5)53-47(55)38(2)51-6)48(56)52-36-44(40-29-22-19-23-30-40)41-31-24-20-25-32-41/h19-20,22-26,28-34,38,43-46,51H,7-18,21,27,35-37H2,1-6H3,(H,52,56)(H,53,55)/t38-,43-,45-,46+/m0/s1. The normalized spacial score (nSPS) is 16.6. The van der Waals surface area contributed by atoms with Crippen LogP contribution >= 0.6 is 0 Å². The maximum Gasteiger partial charge on any atom is 0.246 e. The first-order valence-electron chi connectivity index (χ1n) is 22.4. The third-order valence-corrected chi connectivity index (χ3v) is 11.7. The third-order valence-electron chi connectivity index (χ3n) is 11.7. The molecule has 0 aliphatic carbocycles. The van der Waals surface area contributed by atoms with Crippen LogP contribution in [0.15, 0.2) is 84.9 Å². The summed E-state index contributed by atoms with van der Waals surface area (Å²) in [5.41, 5.74) is 2.83. The van der Waals surface area contributed by atoms with Gasteiger partial charge in [-0.05, 0) is 61.1 Å². The van der Waals surface area contributed by atoms with E-state index in [9.17, 15) is 14.4 Å². The molecule has 1 saturated heterocycles. The summed E-state index contributed by atoms with van der Waals surface area (Å²) in [7, 11) is 1.72. The van der Waals surface area contributed by atoms with Gasteiger partial charge in [-0.2, -0.15) is 0 Å². The average molecular weight is 795 g/mol. The zero-order valence-corrected chi connectivity index (χ0v) is 36.6. The van der Waals surface area contributed by atoms with Gasteiger partial charge >= 0.3 is 0 Å². The van der Waals surface area contributed by atoms with Gasteiger partial charge in [-0.15, -0.1) is 0 Å². The molecule has 4 rings (SSSR count). The first-order chi connectivity index (χ1) is 28.0. The van der Waals surface area contributed by atoms with E-state index >= 15 is 0 Å². The molecular weight excluding hydrogens is 721 g/mol. The lowest BCUT2D eigenvalue weighted by molar-refractivity contribution is -0.144. The van der Waals surface area contributed by atoms with E-state index in [4.69, 9.17) is 4.74 Å². The number of carbonyl (C=O) groups is 3. The summed E-state index contributed by atoms with van der Waals surface area (Å²) in [6.07, 6.45) is 18.3. The first-order valence-corrected chi connectivity index (χ1v) is 22.4. The van der Waals surface area contributed by atoms with Crippen LogP contribution in [0.5, 0.6) is 5.75 Å². The van der Waals surface area contributed by atoms with Crippen molar-refractivity contribution in [3.63, 3.8) is 0 Å². The molecule has 3 N–H and O–H groups in total. The van der Waals surface area contributed by atoms with Crippen molar-refractivity contribution in [2.45, 2.75) is 161 Å². The average Bonchev–Trinajstić information content (AvgIpc) is 3.65. The Morgan fingerprint density at radius 1 is 0.759 bits per heavy atom. The van der Waals surface area contributed by atoms with Gasteiger partial charge < -0.3 is 25.6 Å². The number of rotatable bonds is 25. The van der Waals surface area contributed by atoms with Gasteiger partial charge in [-0.1, -0.05) is 178 Å². The minimum absolute atomic E-state index is 0.0637. The summed E-state index contributed by atoms with van der Waals surface area (Å²) in [4.78, 5) is 43.6. The molecule has 58 heavy (non-hydrogen) atoms. The molecule has 0 bridgehead atoms. The summed E-state index contributed by atoms with van der Waals surface area (Å²) in [5, 5.41) is 9.18. The lowest BCUT2D eigenvalue weighted by Crippen LogP contribution is -2.59. The van der Waals surface area contributed by atoms with Gasteiger partial charge in [0.25, 0.3) is 0 Å². The first kappa shape index (κ1) is 46.5. The van der Waals surface area contributed by atoms with Crippen LogP contribution in [0.4, 0.5) is 0 Å². The van der Waals surface area contributed by atoms with Crippen LogP contribution < -0.4 is 20.7 Å². The number of hydrogen-bond donors (Lipinski definition) is 3. The van der Waals surface area contributed by atoms with E-state index in [1.807, 2.05) is 69.3 Å². The van der Waals surface area contributed by atoms with Crippen molar-refractivity contribution in [2.24, 2.45) is 5.41 Å². The molecule has 0 aromatic heterocycles. The van der Waals surface area contributed by atoms with E-state index in [-0.39, 0.29) is 30.2 Å². The SMILES string of the molecule is CCCCCCCCCCCCCCCc1cccc(O[C@H]2C[C@@H](C(=O)NCC(c3ccccc3)c3ccccc3)N(C(=O)[C@@H](NC(=O)[C@H](C)NC)C(C)(C)C)C2)c1. The van der Waals surface area contributed by atoms with Crippen LogP contribution in [0.25, 0.3) is 0 Å². The second-order valence-corrected chi connectivity index (χ2v) is 17.6. The molecule has 8 nitrogen and oxygen atoms in total. The van der Waals surface area contributed by atoms with Gasteiger partial charge in [0.05, 0.1) is 12.6 Å². The Hall–Kier alpha value is -4.17. The number of ether oxygens (including phenoxy) is 1. The number of likely N-dealkylation sites (N-methyl/N-ethyl adjacent to an activating group) is 1. The van der Waals surface area contributed by atoms with E-state index in [0.29, 0.717) is 13.0 Å². The maximum atomic E-state index is 14.5. The number of nitrogens with one attached hydrogen (secondary N) is 3. The van der Waals surface area contributed by atoms with Crippen LogP contribution in [0.1, 0.15) is 147 Å². The fourth-order valence-corrected chi connectivity index (χ4v) is 8.02. The van der Waals surface area contributed by atoms with Crippen molar-refractivity contribution in [2.75, 3.05) is 20.1 Å². The summed E-state index contributed by atoms with van der Waals surface area (Å²) < 4.78 is 6.59. The van der Waals surface area contributed by atoms with Gasteiger partial charge in [0.1, 0.15) is 23.9 Å². The number of hydrogen-bond acceptors (Lipinski definition) is 5. The summed E-state index contributed by atoms with van der Waals surface area (Å²) >= 11 is 0. The molecule has 0 radical (unpaired) electrons. The van der Waals surface area contributed by atoms with Crippen molar-refractivity contribution < 1.29 is 19.1 Å². The molecule has 3 aromatic carbocycles.